The van der Waals surface area contributed by atoms with Crippen LogP contribution in [0.15, 0.2) is 47.5 Å². The summed E-state index contributed by atoms with van der Waals surface area (Å²) >= 11 is 0. The van der Waals surface area contributed by atoms with E-state index in [4.69, 9.17) is 0 Å². The van der Waals surface area contributed by atoms with Gasteiger partial charge in [-0.3, -0.25) is 14.6 Å². The number of halogens is 1. The minimum absolute atomic E-state index is 0. The Bertz CT molecular complexity index is 872. The second kappa shape index (κ2) is 13.5. The van der Waals surface area contributed by atoms with Crippen molar-refractivity contribution in [3.05, 3.63) is 59.3 Å². The molecule has 0 bridgehead atoms. The minimum Gasteiger partial charge on any atom is -0.356 e. The Labute approximate surface area is 194 Å². The smallest absolute Gasteiger partial charge is 0.251 e. The molecule has 8 nitrogen and oxygen atoms in total. The largest absolute Gasteiger partial charge is 0.356 e. The molecule has 4 N–H and O–H groups in total. The van der Waals surface area contributed by atoms with Gasteiger partial charge in [-0.1, -0.05) is 18.2 Å². The first-order valence-corrected chi connectivity index (χ1v) is 9.51. The number of hydrogen-bond acceptors (Lipinski definition) is 4. The molecular formula is C21H29IN6O2. The third-order valence-corrected chi connectivity index (χ3v) is 4.15. The van der Waals surface area contributed by atoms with Gasteiger partial charge in [0, 0.05) is 44.9 Å². The number of aryl methyl sites for hydroxylation is 1. The second-order valence-corrected chi connectivity index (χ2v) is 6.42. The molecular weight excluding hydrogens is 495 g/mol. The summed E-state index contributed by atoms with van der Waals surface area (Å²) in [6.07, 6.45) is 1.04. The maximum atomic E-state index is 12.0. The van der Waals surface area contributed by atoms with E-state index in [0.717, 1.165) is 17.7 Å². The molecule has 1 aromatic heterocycles. The molecule has 0 unspecified atom stereocenters. The fraction of sp³-hybridized carbons (Fsp3) is 0.333. The van der Waals surface area contributed by atoms with Gasteiger partial charge in [-0.15, -0.1) is 24.0 Å². The van der Waals surface area contributed by atoms with Gasteiger partial charge in [0.2, 0.25) is 5.91 Å². The molecule has 162 valence electrons. The Hall–Kier alpha value is -2.69. The van der Waals surface area contributed by atoms with E-state index < -0.39 is 0 Å². The first-order valence-electron chi connectivity index (χ1n) is 9.51. The van der Waals surface area contributed by atoms with Crippen LogP contribution in [-0.2, 0) is 11.2 Å². The van der Waals surface area contributed by atoms with Gasteiger partial charge in [-0.2, -0.15) is 0 Å². The van der Waals surface area contributed by atoms with Crippen LogP contribution in [0.5, 0.6) is 0 Å². The molecule has 0 aliphatic carbocycles. The van der Waals surface area contributed by atoms with Crippen LogP contribution >= 0.6 is 24.0 Å². The molecule has 2 rings (SSSR count). The lowest BCUT2D eigenvalue weighted by molar-refractivity contribution is -0.116. The summed E-state index contributed by atoms with van der Waals surface area (Å²) in [5, 5.41) is 11.7. The maximum absolute atomic E-state index is 12.0. The number of nitrogens with one attached hydrogen (secondary N) is 4. The standard InChI is InChI=1S/C21H28N6O2.HI/c1-15-6-4-9-18(26-15)27-19(28)11-13-25-21(23-3)24-12-10-16-7-5-8-17(14-16)20(29)22-2;/h4-9,14H,10-13H2,1-3H3,(H,22,29)(H2,23,24,25)(H,26,27,28);1H. The van der Waals surface area contributed by atoms with Crippen molar-refractivity contribution in [3.63, 3.8) is 0 Å². The Morgan fingerprint density at radius 3 is 2.50 bits per heavy atom. The van der Waals surface area contributed by atoms with Crippen LogP contribution < -0.4 is 21.3 Å². The number of pyridine rings is 1. The van der Waals surface area contributed by atoms with Gasteiger partial charge in [-0.05, 0) is 43.2 Å². The molecule has 2 amide bonds. The summed E-state index contributed by atoms with van der Waals surface area (Å²) in [4.78, 5) is 32.1. The number of benzene rings is 1. The topological polar surface area (TPSA) is 108 Å². The number of rotatable bonds is 8. The SMILES string of the molecule is CN=C(NCCC(=O)Nc1cccc(C)n1)NCCc1cccc(C(=O)NC)c1.I. The average Bonchev–Trinajstić information content (AvgIpc) is 2.72. The lowest BCUT2D eigenvalue weighted by Crippen LogP contribution is -2.39. The van der Waals surface area contributed by atoms with E-state index >= 15 is 0 Å². The molecule has 0 aliphatic rings. The normalized spacial score (nSPS) is 10.6. The highest BCUT2D eigenvalue weighted by molar-refractivity contribution is 14.0. The summed E-state index contributed by atoms with van der Waals surface area (Å²) in [6.45, 7) is 2.97. The number of carbonyl (C=O) groups is 2. The number of hydrogen-bond donors (Lipinski definition) is 4. The highest BCUT2D eigenvalue weighted by Crippen LogP contribution is 2.06. The first kappa shape index (κ1) is 25.3. The van der Waals surface area contributed by atoms with Crippen LogP contribution in [-0.4, -0.2) is 49.9 Å². The number of nitrogens with zero attached hydrogens (tertiary/aromatic N) is 2. The highest BCUT2D eigenvalue weighted by atomic mass is 127. The van der Waals surface area contributed by atoms with E-state index in [9.17, 15) is 9.59 Å². The summed E-state index contributed by atoms with van der Waals surface area (Å²) in [5.41, 5.74) is 2.55. The van der Waals surface area contributed by atoms with Crippen molar-refractivity contribution in [2.75, 3.05) is 32.5 Å². The van der Waals surface area contributed by atoms with E-state index in [0.29, 0.717) is 36.9 Å². The number of anilines is 1. The Kier molecular flexibility index (Phi) is 11.4. The fourth-order valence-electron chi connectivity index (χ4n) is 2.67. The Morgan fingerprint density at radius 2 is 1.80 bits per heavy atom. The van der Waals surface area contributed by atoms with Crippen molar-refractivity contribution in [1.82, 2.24) is 20.9 Å². The van der Waals surface area contributed by atoms with E-state index in [1.165, 1.54) is 0 Å². The lowest BCUT2D eigenvalue weighted by Gasteiger charge is -2.12. The molecule has 0 saturated heterocycles. The van der Waals surface area contributed by atoms with Crippen LogP contribution in [0.25, 0.3) is 0 Å². The minimum atomic E-state index is -0.114. The summed E-state index contributed by atoms with van der Waals surface area (Å²) in [5.74, 6) is 0.957. The van der Waals surface area contributed by atoms with Gasteiger partial charge in [0.1, 0.15) is 5.82 Å². The average molecular weight is 524 g/mol. The number of amides is 2. The zero-order valence-corrected chi connectivity index (χ0v) is 19.8. The maximum Gasteiger partial charge on any atom is 0.251 e. The van der Waals surface area contributed by atoms with Crippen molar-refractivity contribution in [1.29, 1.82) is 0 Å². The summed E-state index contributed by atoms with van der Waals surface area (Å²) in [6, 6.07) is 13.0. The van der Waals surface area contributed by atoms with Crippen LogP contribution in [0.2, 0.25) is 0 Å². The molecule has 1 aromatic carbocycles. The summed E-state index contributed by atoms with van der Waals surface area (Å²) in [7, 11) is 3.29. The van der Waals surface area contributed by atoms with Crippen LogP contribution in [0.1, 0.15) is 28.0 Å². The van der Waals surface area contributed by atoms with Crippen molar-refractivity contribution >= 4 is 47.6 Å². The Morgan fingerprint density at radius 1 is 1.07 bits per heavy atom. The van der Waals surface area contributed by atoms with Crippen LogP contribution in [0, 0.1) is 6.92 Å². The van der Waals surface area contributed by atoms with Gasteiger partial charge in [0.15, 0.2) is 5.96 Å². The van der Waals surface area contributed by atoms with E-state index in [1.807, 2.05) is 37.3 Å². The van der Waals surface area contributed by atoms with Gasteiger partial charge in [0.25, 0.3) is 5.91 Å². The van der Waals surface area contributed by atoms with E-state index in [1.54, 1.807) is 26.2 Å². The molecule has 1 heterocycles. The van der Waals surface area contributed by atoms with E-state index in [-0.39, 0.29) is 35.8 Å². The number of carbonyl (C=O) groups excluding carboxylic acids is 2. The van der Waals surface area contributed by atoms with Gasteiger partial charge in [-0.25, -0.2) is 4.98 Å². The van der Waals surface area contributed by atoms with Crippen molar-refractivity contribution in [2.24, 2.45) is 4.99 Å². The van der Waals surface area contributed by atoms with Gasteiger partial charge < -0.3 is 21.3 Å². The quantitative estimate of drug-likeness (QED) is 0.241. The molecule has 30 heavy (non-hydrogen) atoms. The van der Waals surface area contributed by atoms with Gasteiger partial charge in [0.05, 0.1) is 0 Å². The van der Waals surface area contributed by atoms with Crippen molar-refractivity contribution in [2.45, 2.75) is 19.8 Å². The Balaban J connectivity index is 0.00000450. The van der Waals surface area contributed by atoms with Crippen molar-refractivity contribution in [3.8, 4) is 0 Å². The van der Waals surface area contributed by atoms with Crippen LogP contribution in [0.4, 0.5) is 5.82 Å². The predicted octanol–water partition coefficient (Wildman–Crippen LogP) is 2.10. The fourth-order valence-corrected chi connectivity index (χ4v) is 2.67. The highest BCUT2D eigenvalue weighted by Gasteiger charge is 2.06. The zero-order chi connectivity index (χ0) is 21.1. The zero-order valence-electron chi connectivity index (χ0n) is 17.5. The number of aliphatic imine (C=N–C) groups is 1. The summed E-state index contributed by atoms with van der Waals surface area (Å²) < 4.78 is 0. The second-order valence-electron chi connectivity index (χ2n) is 6.42. The molecule has 2 aromatic rings. The molecule has 9 heteroatoms. The molecule has 0 spiro atoms. The molecule has 0 atom stereocenters. The molecule has 0 aliphatic heterocycles. The third-order valence-electron chi connectivity index (χ3n) is 4.15. The number of aromatic nitrogens is 1. The third kappa shape index (κ3) is 8.76. The molecule has 0 fully saturated rings. The van der Waals surface area contributed by atoms with Crippen molar-refractivity contribution < 1.29 is 9.59 Å². The lowest BCUT2D eigenvalue weighted by atomic mass is 10.1. The molecule has 0 saturated carbocycles. The van der Waals surface area contributed by atoms with E-state index in [2.05, 4.69) is 31.2 Å². The van der Waals surface area contributed by atoms with Gasteiger partial charge >= 0.3 is 0 Å². The monoisotopic (exact) mass is 524 g/mol. The van der Waals surface area contributed by atoms with Crippen LogP contribution in [0.3, 0.4) is 0 Å². The molecule has 0 radical (unpaired) electrons. The first-order chi connectivity index (χ1) is 14.0. The number of guanidine groups is 1. The predicted molar refractivity (Wildman–Crippen MR) is 131 cm³/mol.